The van der Waals surface area contributed by atoms with Crippen LogP contribution in [0.4, 0.5) is 5.69 Å². The van der Waals surface area contributed by atoms with Gasteiger partial charge in [-0.25, -0.2) is 9.78 Å². The molecule has 1 aliphatic rings. The third-order valence-corrected chi connectivity index (χ3v) is 4.22. The highest BCUT2D eigenvalue weighted by Gasteiger charge is 2.46. The van der Waals surface area contributed by atoms with Gasteiger partial charge in [0.1, 0.15) is 12.2 Å². The van der Waals surface area contributed by atoms with Crippen LogP contribution >= 0.6 is 15.9 Å². The van der Waals surface area contributed by atoms with E-state index in [4.69, 9.17) is 9.47 Å². The summed E-state index contributed by atoms with van der Waals surface area (Å²) in [6.07, 6.45) is 2.12. The van der Waals surface area contributed by atoms with Crippen LogP contribution in [0.3, 0.4) is 0 Å². The van der Waals surface area contributed by atoms with Gasteiger partial charge >= 0.3 is 5.97 Å². The van der Waals surface area contributed by atoms with Gasteiger partial charge < -0.3 is 14.8 Å². The number of ether oxygens (including phenoxy) is 2. The van der Waals surface area contributed by atoms with Gasteiger partial charge in [0.25, 0.3) is 0 Å². The number of fused-ring (bicyclic) bond motifs is 1. The highest BCUT2D eigenvalue weighted by Crippen LogP contribution is 2.35. The summed E-state index contributed by atoms with van der Waals surface area (Å²) in [6.45, 7) is 5.73. The molecule has 0 radical (unpaired) electrons. The average molecular weight is 405 g/mol. The highest BCUT2D eigenvalue weighted by atomic mass is 79.9. The predicted molar refractivity (Wildman–Crippen MR) is 99.8 cm³/mol. The van der Waals surface area contributed by atoms with E-state index in [-0.39, 0.29) is 12.6 Å². The van der Waals surface area contributed by atoms with Crippen molar-refractivity contribution >= 4 is 27.6 Å². The Kier molecular flexibility index (Phi) is 4.73. The minimum atomic E-state index is -1.01. The van der Waals surface area contributed by atoms with E-state index in [9.17, 15) is 4.79 Å². The van der Waals surface area contributed by atoms with Crippen molar-refractivity contribution in [2.75, 3.05) is 11.9 Å². The van der Waals surface area contributed by atoms with Crippen LogP contribution in [0, 0.1) is 0 Å². The number of benzene rings is 1. The normalized spacial score (nSPS) is 19.4. The molecule has 2 aromatic rings. The van der Waals surface area contributed by atoms with E-state index in [1.54, 1.807) is 6.20 Å². The number of nitrogens with zero attached hydrogens (tertiary/aromatic N) is 1. The second kappa shape index (κ2) is 6.67. The number of hydrogen-bond donors (Lipinski definition) is 1. The summed E-state index contributed by atoms with van der Waals surface area (Å²) in [5.41, 5.74) is 0.0980. The first-order valence-electron chi connectivity index (χ1n) is 8.11. The Balaban J connectivity index is 1.97. The Morgan fingerprint density at radius 2 is 2.08 bits per heavy atom. The first kappa shape index (κ1) is 17.7. The molecule has 3 rings (SSSR count). The summed E-state index contributed by atoms with van der Waals surface area (Å²) >= 11 is 3.41. The number of esters is 1. The zero-order valence-electron chi connectivity index (χ0n) is 14.5. The smallest absolute Gasteiger partial charge is 0.336 e. The lowest BCUT2D eigenvalue weighted by molar-refractivity contribution is -0.162. The van der Waals surface area contributed by atoms with Crippen molar-refractivity contribution in [3.63, 3.8) is 0 Å². The number of carbonyl (C=O) groups excluding carboxylic acids is 1. The lowest BCUT2D eigenvalue weighted by Gasteiger charge is -2.38. The minimum Gasteiger partial charge on any atom is -0.473 e. The molecule has 1 aromatic heterocycles. The third kappa shape index (κ3) is 4.12. The maximum Gasteiger partial charge on any atom is 0.336 e. The lowest BCUT2D eigenvalue weighted by atomic mass is 9.90. The first-order valence-corrected chi connectivity index (χ1v) is 8.91. The molecule has 1 atom stereocenters. The summed E-state index contributed by atoms with van der Waals surface area (Å²) in [5.74, 6) is 0.143. The number of nitrogens with one attached hydrogen (secondary N) is 1. The molecular formula is C19H21BrN2O3. The predicted octanol–water partition coefficient (Wildman–Crippen LogP) is 3.97. The molecule has 0 bridgehead atoms. The van der Waals surface area contributed by atoms with Gasteiger partial charge in [-0.15, -0.1) is 0 Å². The number of aromatic nitrogens is 1. The van der Waals surface area contributed by atoms with Crippen molar-refractivity contribution in [3.8, 4) is 5.88 Å². The zero-order valence-corrected chi connectivity index (χ0v) is 16.1. The molecule has 0 spiro atoms. The van der Waals surface area contributed by atoms with Crippen LogP contribution in [0.1, 0.15) is 26.3 Å². The molecule has 5 nitrogen and oxygen atoms in total. The largest absolute Gasteiger partial charge is 0.473 e. The van der Waals surface area contributed by atoms with E-state index < -0.39 is 11.1 Å². The maximum atomic E-state index is 13.0. The van der Waals surface area contributed by atoms with Gasteiger partial charge in [0, 0.05) is 17.1 Å². The quantitative estimate of drug-likeness (QED) is 0.784. The zero-order chi connectivity index (χ0) is 18.1. The summed E-state index contributed by atoms with van der Waals surface area (Å²) < 4.78 is 12.3. The highest BCUT2D eigenvalue weighted by molar-refractivity contribution is 9.10. The molecule has 0 fully saturated rings. The Bertz CT molecular complexity index is 774. The summed E-state index contributed by atoms with van der Waals surface area (Å²) in [6, 6.07) is 11.7. The van der Waals surface area contributed by atoms with Gasteiger partial charge in [-0.1, -0.05) is 30.3 Å². The number of hydrogen-bond acceptors (Lipinski definition) is 5. The average Bonchev–Trinajstić information content (AvgIpc) is 2.54. The summed E-state index contributed by atoms with van der Waals surface area (Å²) in [7, 11) is 0. The molecule has 1 aromatic carbocycles. The van der Waals surface area contributed by atoms with E-state index in [1.165, 1.54) is 0 Å². The number of pyridine rings is 1. The minimum absolute atomic E-state index is 0.151. The van der Waals surface area contributed by atoms with Crippen molar-refractivity contribution < 1.29 is 14.3 Å². The van der Waals surface area contributed by atoms with Crippen LogP contribution in [-0.2, 0) is 16.0 Å². The molecule has 0 unspecified atom stereocenters. The molecule has 0 aliphatic carbocycles. The van der Waals surface area contributed by atoms with Crippen molar-refractivity contribution in [1.82, 2.24) is 4.98 Å². The van der Waals surface area contributed by atoms with Gasteiger partial charge in [-0.3, -0.25) is 0 Å². The third-order valence-electron chi connectivity index (χ3n) is 3.79. The molecule has 25 heavy (non-hydrogen) atoms. The maximum absolute atomic E-state index is 13.0. The Labute approximate surface area is 155 Å². The molecule has 2 heterocycles. The van der Waals surface area contributed by atoms with Gasteiger partial charge in [0.2, 0.25) is 5.88 Å². The van der Waals surface area contributed by atoms with Crippen molar-refractivity contribution in [2.45, 2.75) is 38.3 Å². The summed E-state index contributed by atoms with van der Waals surface area (Å²) in [5, 5.41) is 3.33. The Hall–Kier alpha value is -2.08. The monoisotopic (exact) mass is 404 g/mol. The van der Waals surface area contributed by atoms with Gasteiger partial charge in [-0.05, 0) is 48.3 Å². The van der Waals surface area contributed by atoms with Crippen LogP contribution in [0.5, 0.6) is 5.88 Å². The molecule has 0 saturated carbocycles. The SMILES string of the molecule is CC(C)(C)OC(=O)[C@]1(Cc2ccccc2)COc2ncc(Br)cc2N1. The molecule has 1 N–H and O–H groups in total. The fourth-order valence-electron chi connectivity index (χ4n) is 2.71. The molecular weight excluding hydrogens is 384 g/mol. The topological polar surface area (TPSA) is 60.5 Å². The van der Waals surface area contributed by atoms with Crippen molar-refractivity contribution in [1.29, 1.82) is 0 Å². The van der Waals surface area contributed by atoms with E-state index in [0.717, 1.165) is 10.0 Å². The van der Waals surface area contributed by atoms with Crippen LogP contribution in [0.2, 0.25) is 0 Å². The van der Waals surface area contributed by atoms with Crippen LogP contribution in [-0.4, -0.2) is 28.7 Å². The van der Waals surface area contributed by atoms with Gasteiger partial charge in [0.15, 0.2) is 5.54 Å². The van der Waals surface area contributed by atoms with Gasteiger partial charge in [-0.2, -0.15) is 0 Å². The van der Waals surface area contributed by atoms with Crippen LogP contribution in [0.25, 0.3) is 0 Å². The molecule has 0 amide bonds. The number of anilines is 1. The van der Waals surface area contributed by atoms with E-state index >= 15 is 0 Å². The van der Waals surface area contributed by atoms with Gasteiger partial charge in [0.05, 0.1) is 5.69 Å². The second-order valence-corrected chi connectivity index (χ2v) is 8.08. The Morgan fingerprint density at radius 1 is 1.36 bits per heavy atom. The number of rotatable bonds is 3. The van der Waals surface area contributed by atoms with Crippen LogP contribution in [0.15, 0.2) is 47.1 Å². The standard InChI is InChI=1S/C19H21BrN2O3/c1-18(2,3)25-17(23)19(10-13-7-5-4-6-8-13)12-24-16-15(22-19)9-14(20)11-21-16/h4-9,11,22H,10,12H2,1-3H3/t19-/m0/s1. The lowest BCUT2D eigenvalue weighted by Crippen LogP contribution is -2.57. The van der Waals surface area contributed by atoms with Crippen molar-refractivity contribution in [2.24, 2.45) is 0 Å². The van der Waals surface area contributed by atoms with Crippen LogP contribution < -0.4 is 10.1 Å². The number of halogens is 1. The number of carbonyl (C=O) groups is 1. The fraction of sp³-hybridized carbons (Fsp3) is 0.368. The Morgan fingerprint density at radius 3 is 2.76 bits per heavy atom. The van der Waals surface area contributed by atoms with E-state index in [0.29, 0.717) is 18.0 Å². The summed E-state index contributed by atoms with van der Waals surface area (Å²) in [4.78, 5) is 17.3. The first-order chi connectivity index (χ1) is 11.8. The molecule has 1 aliphatic heterocycles. The second-order valence-electron chi connectivity index (χ2n) is 7.17. The molecule has 0 saturated heterocycles. The molecule has 6 heteroatoms. The van der Waals surface area contributed by atoms with E-state index in [1.807, 2.05) is 57.2 Å². The van der Waals surface area contributed by atoms with E-state index in [2.05, 4.69) is 26.2 Å². The fourth-order valence-corrected chi connectivity index (χ4v) is 3.05. The molecule has 132 valence electrons. The van der Waals surface area contributed by atoms with Crippen molar-refractivity contribution in [3.05, 3.63) is 52.6 Å².